The predicted molar refractivity (Wildman–Crippen MR) is 70.0 cm³/mol. The summed E-state index contributed by atoms with van der Waals surface area (Å²) in [7, 11) is 0. The zero-order chi connectivity index (χ0) is 11.7. The van der Waals surface area contributed by atoms with Crippen molar-refractivity contribution in [1.29, 1.82) is 0 Å². The first-order valence-electron chi connectivity index (χ1n) is 5.77. The highest BCUT2D eigenvalue weighted by atomic mass is 15.0. The third kappa shape index (κ3) is 1.82. The van der Waals surface area contributed by atoms with Crippen LogP contribution in [-0.2, 0) is 6.54 Å². The third-order valence-corrected chi connectivity index (χ3v) is 3.17. The molecule has 0 spiro atoms. The third-order valence-electron chi connectivity index (χ3n) is 3.17. The number of aryl methyl sites for hydroxylation is 1. The zero-order valence-electron chi connectivity index (χ0n) is 9.80. The van der Waals surface area contributed by atoms with Gasteiger partial charge < -0.3 is 4.57 Å². The van der Waals surface area contributed by atoms with Crippen molar-refractivity contribution in [1.82, 2.24) is 9.55 Å². The summed E-state index contributed by atoms with van der Waals surface area (Å²) in [6.45, 7) is 3.05. The Labute approximate surface area is 101 Å². The fourth-order valence-electron chi connectivity index (χ4n) is 2.22. The fraction of sp³-hybridized carbons (Fsp3) is 0.133. The molecule has 0 aliphatic carbocycles. The maximum atomic E-state index is 4.09. The summed E-state index contributed by atoms with van der Waals surface area (Å²) in [4.78, 5) is 4.09. The SMILES string of the molecule is Cc1ccc2ccccc2c1Cn1ccnc1. The quantitative estimate of drug-likeness (QED) is 0.650. The van der Waals surface area contributed by atoms with Gasteiger partial charge in [-0.2, -0.15) is 0 Å². The van der Waals surface area contributed by atoms with E-state index < -0.39 is 0 Å². The molecule has 0 atom stereocenters. The molecule has 3 aromatic rings. The smallest absolute Gasteiger partial charge is 0.0949 e. The molecule has 17 heavy (non-hydrogen) atoms. The molecule has 0 fully saturated rings. The van der Waals surface area contributed by atoms with E-state index in [0.29, 0.717) is 0 Å². The zero-order valence-corrected chi connectivity index (χ0v) is 9.80. The highest BCUT2D eigenvalue weighted by molar-refractivity contribution is 5.86. The molecule has 0 saturated heterocycles. The highest BCUT2D eigenvalue weighted by Crippen LogP contribution is 2.22. The number of imidazole rings is 1. The Morgan fingerprint density at radius 2 is 2.00 bits per heavy atom. The summed E-state index contributed by atoms with van der Waals surface area (Å²) < 4.78 is 2.11. The van der Waals surface area contributed by atoms with E-state index in [4.69, 9.17) is 0 Å². The number of benzene rings is 2. The van der Waals surface area contributed by atoms with Crippen molar-refractivity contribution in [3.05, 3.63) is 66.2 Å². The second-order valence-electron chi connectivity index (χ2n) is 4.32. The molecule has 1 aromatic heterocycles. The molecule has 0 aliphatic rings. The summed E-state index contributed by atoms with van der Waals surface area (Å²) in [5, 5.41) is 2.63. The first-order valence-corrected chi connectivity index (χ1v) is 5.77. The predicted octanol–water partition coefficient (Wildman–Crippen LogP) is 3.39. The van der Waals surface area contributed by atoms with E-state index in [-0.39, 0.29) is 0 Å². The van der Waals surface area contributed by atoms with Gasteiger partial charge in [0.05, 0.1) is 6.33 Å². The molecular weight excluding hydrogens is 208 g/mol. The second-order valence-corrected chi connectivity index (χ2v) is 4.32. The Balaban J connectivity index is 2.17. The van der Waals surface area contributed by atoms with E-state index in [0.717, 1.165) is 6.54 Å². The van der Waals surface area contributed by atoms with Gasteiger partial charge in [0, 0.05) is 18.9 Å². The summed E-state index contributed by atoms with van der Waals surface area (Å²) in [6.07, 6.45) is 5.68. The number of hydrogen-bond donors (Lipinski definition) is 0. The van der Waals surface area contributed by atoms with Gasteiger partial charge in [-0.3, -0.25) is 0 Å². The van der Waals surface area contributed by atoms with Gasteiger partial charge in [0.2, 0.25) is 0 Å². The van der Waals surface area contributed by atoms with E-state index >= 15 is 0 Å². The molecule has 2 aromatic carbocycles. The van der Waals surface area contributed by atoms with Crippen LogP contribution in [0, 0.1) is 6.92 Å². The van der Waals surface area contributed by atoms with Crippen LogP contribution >= 0.6 is 0 Å². The van der Waals surface area contributed by atoms with Crippen LogP contribution in [0.25, 0.3) is 10.8 Å². The molecule has 0 aliphatic heterocycles. The fourth-order valence-corrected chi connectivity index (χ4v) is 2.22. The number of nitrogens with zero attached hydrogens (tertiary/aromatic N) is 2. The van der Waals surface area contributed by atoms with Crippen LogP contribution in [0.3, 0.4) is 0 Å². The van der Waals surface area contributed by atoms with Crippen LogP contribution in [0.4, 0.5) is 0 Å². The van der Waals surface area contributed by atoms with Crippen molar-refractivity contribution < 1.29 is 0 Å². The van der Waals surface area contributed by atoms with Gasteiger partial charge in [-0.05, 0) is 28.8 Å². The summed E-state index contributed by atoms with van der Waals surface area (Å²) >= 11 is 0. The minimum atomic E-state index is 0.882. The Kier molecular flexibility index (Phi) is 2.41. The first-order chi connectivity index (χ1) is 8.34. The van der Waals surface area contributed by atoms with Crippen LogP contribution in [0.2, 0.25) is 0 Å². The standard InChI is InChI=1S/C15H14N2/c1-12-6-7-13-4-2-3-5-14(13)15(12)10-17-9-8-16-11-17/h2-9,11H,10H2,1H3. The van der Waals surface area contributed by atoms with Crippen molar-refractivity contribution in [2.75, 3.05) is 0 Å². The maximum Gasteiger partial charge on any atom is 0.0949 e. The number of fused-ring (bicyclic) bond motifs is 1. The van der Waals surface area contributed by atoms with Crippen LogP contribution < -0.4 is 0 Å². The first kappa shape index (κ1) is 10.1. The van der Waals surface area contributed by atoms with Crippen LogP contribution in [0.15, 0.2) is 55.1 Å². The molecule has 0 amide bonds. The Bertz CT molecular complexity index is 639. The van der Waals surface area contributed by atoms with Gasteiger partial charge in [-0.1, -0.05) is 36.4 Å². The number of hydrogen-bond acceptors (Lipinski definition) is 1. The molecule has 3 rings (SSSR count). The lowest BCUT2D eigenvalue weighted by Gasteiger charge is -2.10. The van der Waals surface area contributed by atoms with E-state index in [1.807, 2.05) is 18.7 Å². The van der Waals surface area contributed by atoms with Crippen LogP contribution in [-0.4, -0.2) is 9.55 Å². The Hall–Kier alpha value is -2.09. The molecule has 1 heterocycles. The monoisotopic (exact) mass is 222 g/mol. The van der Waals surface area contributed by atoms with E-state index in [9.17, 15) is 0 Å². The molecule has 0 N–H and O–H groups in total. The minimum Gasteiger partial charge on any atom is -0.333 e. The van der Waals surface area contributed by atoms with Crippen molar-refractivity contribution >= 4 is 10.8 Å². The van der Waals surface area contributed by atoms with Gasteiger partial charge in [0.15, 0.2) is 0 Å². The lowest BCUT2D eigenvalue weighted by molar-refractivity contribution is 0.798. The number of aromatic nitrogens is 2. The lowest BCUT2D eigenvalue weighted by atomic mass is 10.00. The highest BCUT2D eigenvalue weighted by Gasteiger charge is 2.04. The van der Waals surface area contributed by atoms with Gasteiger partial charge in [-0.15, -0.1) is 0 Å². The Morgan fingerprint density at radius 3 is 2.82 bits per heavy atom. The second kappa shape index (κ2) is 4.06. The molecule has 0 radical (unpaired) electrons. The van der Waals surface area contributed by atoms with Gasteiger partial charge in [0.1, 0.15) is 0 Å². The minimum absolute atomic E-state index is 0.882. The maximum absolute atomic E-state index is 4.09. The summed E-state index contributed by atoms with van der Waals surface area (Å²) in [5.41, 5.74) is 2.71. The molecular formula is C15H14N2. The molecule has 2 nitrogen and oxygen atoms in total. The van der Waals surface area contributed by atoms with Crippen molar-refractivity contribution in [3.8, 4) is 0 Å². The van der Waals surface area contributed by atoms with Crippen LogP contribution in [0.5, 0.6) is 0 Å². The average Bonchev–Trinajstić information content (AvgIpc) is 2.86. The lowest BCUT2D eigenvalue weighted by Crippen LogP contribution is -1.99. The van der Waals surface area contributed by atoms with Crippen molar-refractivity contribution in [3.63, 3.8) is 0 Å². The summed E-state index contributed by atoms with van der Waals surface area (Å²) in [5.74, 6) is 0. The average molecular weight is 222 g/mol. The molecule has 2 heteroatoms. The Morgan fingerprint density at radius 1 is 1.12 bits per heavy atom. The van der Waals surface area contributed by atoms with E-state index in [2.05, 4.69) is 52.9 Å². The normalized spacial score (nSPS) is 10.9. The van der Waals surface area contributed by atoms with E-state index in [1.54, 1.807) is 0 Å². The molecule has 0 saturated carbocycles. The molecule has 0 unspecified atom stereocenters. The molecule has 84 valence electrons. The largest absolute Gasteiger partial charge is 0.333 e. The van der Waals surface area contributed by atoms with Crippen molar-refractivity contribution in [2.24, 2.45) is 0 Å². The van der Waals surface area contributed by atoms with E-state index in [1.165, 1.54) is 21.9 Å². The molecule has 0 bridgehead atoms. The number of rotatable bonds is 2. The van der Waals surface area contributed by atoms with Crippen molar-refractivity contribution in [2.45, 2.75) is 13.5 Å². The van der Waals surface area contributed by atoms with Gasteiger partial charge in [0.25, 0.3) is 0 Å². The topological polar surface area (TPSA) is 17.8 Å². The van der Waals surface area contributed by atoms with Crippen LogP contribution in [0.1, 0.15) is 11.1 Å². The summed E-state index contributed by atoms with van der Waals surface area (Å²) in [6, 6.07) is 12.9. The van der Waals surface area contributed by atoms with Gasteiger partial charge in [-0.25, -0.2) is 4.98 Å². The van der Waals surface area contributed by atoms with Gasteiger partial charge >= 0.3 is 0 Å².